The molecule has 0 aromatic heterocycles. The molecule has 0 spiro atoms. The van der Waals surface area contributed by atoms with E-state index in [1.54, 1.807) is 21.3 Å². The number of unbranched alkanes of at least 4 members (excludes halogenated alkanes) is 1. The van der Waals surface area contributed by atoms with Gasteiger partial charge in [0.2, 0.25) is 0 Å². The molecule has 0 radical (unpaired) electrons. The van der Waals surface area contributed by atoms with Crippen LogP contribution in [0.3, 0.4) is 0 Å². The van der Waals surface area contributed by atoms with Gasteiger partial charge >= 0.3 is 8.80 Å². The van der Waals surface area contributed by atoms with Gasteiger partial charge < -0.3 is 18.0 Å². The van der Waals surface area contributed by atoms with E-state index >= 15 is 0 Å². The Morgan fingerprint density at radius 3 is 2.06 bits per heavy atom. The highest BCUT2D eigenvalue weighted by Crippen LogP contribution is 2.16. The Labute approximate surface area is 105 Å². The van der Waals surface area contributed by atoms with Crippen LogP contribution < -0.4 is 0 Å². The van der Waals surface area contributed by atoms with Crippen molar-refractivity contribution in [1.29, 1.82) is 0 Å². The van der Waals surface area contributed by atoms with Gasteiger partial charge in [0, 0.05) is 33.8 Å². The number of rotatable bonds is 9. The predicted octanol–water partition coefficient (Wildman–Crippen LogP) is 2.40. The van der Waals surface area contributed by atoms with Gasteiger partial charge in [-0.25, -0.2) is 0 Å². The Hall–Kier alpha value is -0.0131. The topological polar surface area (TPSA) is 36.9 Å². The first-order valence-electron chi connectivity index (χ1n) is 5.45. The molecule has 16 heavy (non-hydrogen) atoms. The molecule has 0 fully saturated rings. The van der Waals surface area contributed by atoms with Crippen LogP contribution in [0.1, 0.15) is 26.2 Å². The molecule has 0 unspecified atom stereocenters. The molecule has 0 aromatic rings. The smallest absolute Gasteiger partial charge is 0.487 e. The van der Waals surface area contributed by atoms with E-state index < -0.39 is 8.80 Å². The van der Waals surface area contributed by atoms with E-state index in [1.807, 2.05) is 6.92 Å². The first-order valence-corrected chi connectivity index (χ1v) is 7.79. The van der Waals surface area contributed by atoms with Crippen molar-refractivity contribution in [3.8, 4) is 0 Å². The first-order chi connectivity index (χ1) is 7.64. The lowest BCUT2D eigenvalue weighted by Gasteiger charge is -2.24. The molecule has 96 valence electrons. The average molecular weight is 266 g/mol. The summed E-state index contributed by atoms with van der Waals surface area (Å²) in [5.41, 5.74) is 0. The SMILES string of the molecule is CCC(=S)OCCCC[Si](OC)(OC)OC. The number of hydrogen-bond donors (Lipinski definition) is 0. The van der Waals surface area contributed by atoms with Crippen LogP contribution in [0.2, 0.25) is 6.04 Å². The van der Waals surface area contributed by atoms with Gasteiger partial charge in [-0.3, -0.25) is 0 Å². The van der Waals surface area contributed by atoms with Gasteiger partial charge in [0.1, 0.15) is 0 Å². The fraction of sp³-hybridized carbons (Fsp3) is 0.900. The van der Waals surface area contributed by atoms with E-state index in [4.69, 9.17) is 30.2 Å². The summed E-state index contributed by atoms with van der Waals surface area (Å²) in [6.07, 6.45) is 2.68. The lowest BCUT2D eigenvalue weighted by atomic mass is 10.3. The summed E-state index contributed by atoms with van der Waals surface area (Å²) in [6, 6.07) is 0.804. The lowest BCUT2D eigenvalue weighted by Crippen LogP contribution is -2.42. The molecule has 0 aromatic carbocycles. The van der Waals surface area contributed by atoms with Crippen molar-refractivity contribution in [3.05, 3.63) is 0 Å². The van der Waals surface area contributed by atoms with Crippen LogP contribution in [0, 0.1) is 0 Å². The van der Waals surface area contributed by atoms with E-state index in [9.17, 15) is 0 Å². The highest BCUT2D eigenvalue weighted by molar-refractivity contribution is 7.80. The van der Waals surface area contributed by atoms with Gasteiger partial charge in [-0.1, -0.05) is 6.92 Å². The highest BCUT2D eigenvalue weighted by Gasteiger charge is 2.36. The maximum atomic E-state index is 5.33. The molecule has 0 heterocycles. The molecule has 0 N–H and O–H groups in total. The molecule has 0 atom stereocenters. The maximum absolute atomic E-state index is 5.33. The van der Waals surface area contributed by atoms with Gasteiger partial charge in [0.05, 0.1) is 6.61 Å². The van der Waals surface area contributed by atoms with Crippen LogP contribution in [0.4, 0.5) is 0 Å². The molecule has 0 aliphatic rings. The summed E-state index contributed by atoms with van der Waals surface area (Å²) in [5, 5.41) is 0.675. The third-order valence-electron chi connectivity index (χ3n) is 2.36. The van der Waals surface area contributed by atoms with Crippen LogP contribution in [0.25, 0.3) is 0 Å². The molecule has 0 aliphatic carbocycles. The van der Waals surface area contributed by atoms with E-state index in [0.29, 0.717) is 11.7 Å². The highest BCUT2D eigenvalue weighted by atomic mass is 32.1. The predicted molar refractivity (Wildman–Crippen MR) is 69.7 cm³/mol. The summed E-state index contributed by atoms with van der Waals surface area (Å²) in [4.78, 5) is 0. The fourth-order valence-electron chi connectivity index (χ4n) is 1.29. The van der Waals surface area contributed by atoms with E-state index in [2.05, 4.69) is 0 Å². The van der Waals surface area contributed by atoms with Gasteiger partial charge in [-0.05, 0) is 25.1 Å². The van der Waals surface area contributed by atoms with Crippen LogP contribution in [-0.4, -0.2) is 41.8 Å². The molecule has 0 rings (SSSR count). The number of hydrogen-bond acceptors (Lipinski definition) is 5. The van der Waals surface area contributed by atoms with E-state index in [-0.39, 0.29) is 0 Å². The van der Waals surface area contributed by atoms with Crippen molar-refractivity contribution in [3.63, 3.8) is 0 Å². The Kier molecular flexibility index (Phi) is 9.05. The normalized spacial score (nSPS) is 11.5. The zero-order valence-electron chi connectivity index (χ0n) is 10.6. The average Bonchev–Trinajstić information content (AvgIpc) is 2.34. The molecule has 6 heteroatoms. The summed E-state index contributed by atoms with van der Waals surface area (Å²) >= 11 is 4.96. The van der Waals surface area contributed by atoms with Gasteiger partial charge in [0.25, 0.3) is 0 Å². The third-order valence-corrected chi connectivity index (χ3v) is 5.60. The number of thiocarbonyl (C=S) groups is 1. The first kappa shape index (κ1) is 16.0. The van der Waals surface area contributed by atoms with Gasteiger partial charge in [-0.15, -0.1) is 0 Å². The lowest BCUT2D eigenvalue weighted by molar-refractivity contribution is 0.122. The standard InChI is InChI=1S/C10H22O4SSi/c1-5-10(15)14-8-6-7-9-16(11-2,12-3)13-4/h5-9H2,1-4H3. The summed E-state index contributed by atoms with van der Waals surface area (Å²) in [6.45, 7) is 2.65. The second kappa shape index (κ2) is 9.06. The van der Waals surface area contributed by atoms with E-state index in [0.717, 1.165) is 25.3 Å². The Morgan fingerprint density at radius 1 is 1.06 bits per heavy atom. The summed E-state index contributed by atoms with van der Waals surface area (Å²) < 4.78 is 21.3. The largest absolute Gasteiger partial charge is 0.500 e. The van der Waals surface area contributed by atoms with Crippen molar-refractivity contribution in [2.45, 2.75) is 32.2 Å². The molecule has 0 amide bonds. The molecule has 0 aliphatic heterocycles. The zero-order valence-corrected chi connectivity index (χ0v) is 12.4. The monoisotopic (exact) mass is 266 g/mol. The van der Waals surface area contributed by atoms with Crippen LogP contribution in [0.15, 0.2) is 0 Å². The second-order valence-corrected chi connectivity index (χ2v) is 6.87. The molecule has 0 bridgehead atoms. The Balaban J connectivity index is 3.67. The van der Waals surface area contributed by atoms with Gasteiger partial charge in [0.15, 0.2) is 5.05 Å². The minimum atomic E-state index is -2.39. The summed E-state index contributed by atoms with van der Waals surface area (Å²) in [7, 11) is 2.49. The van der Waals surface area contributed by atoms with Crippen LogP contribution in [0.5, 0.6) is 0 Å². The third kappa shape index (κ3) is 5.91. The van der Waals surface area contributed by atoms with Gasteiger partial charge in [-0.2, -0.15) is 0 Å². The van der Waals surface area contributed by atoms with Crippen molar-refractivity contribution in [1.82, 2.24) is 0 Å². The van der Waals surface area contributed by atoms with Crippen molar-refractivity contribution < 1.29 is 18.0 Å². The molecule has 0 saturated carbocycles. The van der Waals surface area contributed by atoms with E-state index in [1.165, 1.54) is 0 Å². The molecule has 4 nitrogen and oxygen atoms in total. The van der Waals surface area contributed by atoms with Crippen LogP contribution in [-0.2, 0) is 18.0 Å². The van der Waals surface area contributed by atoms with Crippen LogP contribution >= 0.6 is 12.2 Å². The maximum Gasteiger partial charge on any atom is 0.500 e. The Morgan fingerprint density at radius 2 is 1.62 bits per heavy atom. The number of ether oxygens (including phenoxy) is 1. The molecule has 0 saturated heterocycles. The fourth-order valence-corrected chi connectivity index (χ4v) is 3.17. The minimum absolute atomic E-state index is 0.661. The summed E-state index contributed by atoms with van der Waals surface area (Å²) in [5.74, 6) is 0. The molecular formula is C10H22O4SSi. The Bertz CT molecular complexity index is 189. The molecular weight excluding hydrogens is 244 g/mol. The van der Waals surface area contributed by atoms with Crippen molar-refractivity contribution in [2.75, 3.05) is 27.9 Å². The van der Waals surface area contributed by atoms with Crippen molar-refractivity contribution in [2.24, 2.45) is 0 Å². The zero-order chi connectivity index (χ0) is 12.4. The quantitative estimate of drug-likeness (QED) is 0.364. The minimum Gasteiger partial charge on any atom is -0.487 e. The van der Waals surface area contributed by atoms with Crippen molar-refractivity contribution >= 4 is 26.1 Å². The second-order valence-electron chi connectivity index (χ2n) is 3.33.